The number of likely N-dealkylation sites (tertiary alicyclic amines) is 1. The van der Waals surface area contributed by atoms with E-state index < -0.39 is 0 Å². The van der Waals surface area contributed by atoms with Crippen LogP contribution in [0.1, 0.15) is 45.0 Å². The van der Waals surface area contributed by atoms with Crippen LogP contribution in [0.4, 0.5) is 0 Å². The van der Waals surface area contributed by atoms with E-state index in [1.165, 1.54) is 10.4 Å². The smallest absolute Gasteiger partial charge is 0.274 e. The van der Waals surface area contributed by atoms with Crippen LogP contribution in [0.15, 0.2) is 11.4 Å². The van der Waals surface area contributed by atoms with Gasteiger partial charge in [0.05, 0.1) is 19.8 Å². The molecule has 1 N–H and O–H groups in total. The van der Waals surface area contributed by atoms with Gasteiger partial charge in [-0.3, -0.25) is 9.89 Å². The van der Waals surface area contributed by atoms with Gasteiger partial charge in [-0.2, -0.15) is 5.10 Å². The largest absolute Gasteiger partial charge is 0.376 e. The van der Waals surface area contributed by atoms with Crippen LogP contribution >= 0.6 is 11.3 Å². The Morgan fingerprint density at radius 2 is 2.16 bits per heavy atom. The molecule has 132 valence electrons. The summed E-state index contributed by atoms with van der Waals surface area (Å²) in [5, 5.41) is 9.45. The summed E-state index contributed by atoms with van der Waals surface area (Å²) >= 11 is 1.79. The van der Waals surface area contributed by atoms with Gasteiger partial charge in [-0.05, 0) is 36.3 Å². The van der Waals surface area contributed by atoms with E-state index in [1.807, 2.05) is 4.90 Å². The van der Waals surface area contributed by atoms with Gasteiger partial charge in [0.25, 0.3) is 5.91 Å². The van der Waals surface area contributed by atoms with Crippen LogP contribution in [0.25, 0.3) is 0 Å². The maximum atomic E-state index is 12.9. The highest BCUT2D eigenvalue weighted by Gasteiger charge is 2.43. The number of aromatic amines is 1. The Morgan fingerprint density at radius 3 is 3.04 bits per heavy atom. The van der Waals surface area contributed by atoms with Gasteiger partial charge < -0.3 is 14.4 Å². The molecule has 2 aromatic rings. The average molecular weight is 359 g/mol. The highest BCUT2D eigenvalue weighted by Crippen LogP contribution is 2.44. The second-order valence-electron chi connectivity index (χ2n) is 6.99. The Bertz CT molecular complexity index is 804. The number of nitrogens with one attached hydrogen (secondary N) is 1. The minimum absolute atomic E-state index is 0.0139. The van der Waals surface area contributed by atoms with Crippen molar-refractivity contribution in [2.75, 3.05) is 26.3 Å². The van der Waals surface area contributed by atoms with Gasteiger partial charge in [0.1, 0.15) is 5.60 Å². The molecule has 1 amide bonds. The molecule has 1 saturated heterocycles. The van der Waals surface area contributed by atoms with E-state index in [0.717, 1.165) is 43.5 Å². The number of carbonyl (C=O) groups excluding carboxylic acids is 1. The topological polar surface area (TPSA) is 67.5 Å². The maximum Gasteiger partial charge on any atom is 0.274 e. The number of hydrogen-bond donors (Lipinski definition) is 1. The van der Waals surface area contributed by atoms with Crippen molar-refractivity contribution in [1.29, 1.82) is 0 Å². The van der Waals surface area contributed by atoms with Gasteiger partial charge in [-0.25, -0.2) is 0 Å². The fraction of sp³-hybridized carbons (Fsp3) is 0.556. The first-order valence-electron chi connectivity index (χ1n) is 8.91. The van der Waals surface area contributed by atoms with Gasteiger partial charge >= 0.3 is 0 Å². The quantitative estimate of drug-likeness (QED) is 0.848. The lowest BCUT2D eigenvalue weighted by molar-refractivity contribution is -0.0906. The van der Waals surface area contributed by atoms with E-state index in [9.17, 15) is 4.79 Å². The second kappa shape index (κ2) is 5.93. The standard InChI is InChI=1S/C18H21N3O3S/c22-17(15-13-11-23-8-2-14(13)19-20-15)21-6-4-18(5-7-21)16-12(1-9-24-18)3-10-25-16/h3,10H,1-2,4-9,11H2,(H,19,20). The summed E-state index contributed by atoms with van der Waals surface area (Å²) in [5.41, 5.74) is 3.75. The van der Waals surface area contributed by atoms with Gasteiger partial charge in [-0.1, -0.05) is 0 Å². The highest BCUT2D eigenvalue weighted by molar-refractivity contribution is 7.10. The molecule has 0 bridgehead atoms. The summed E-state index contributed by atoms with van der Waals surface area (Å²) in [5.74, 6) is 0.0139. The Morgan fingerprint density at radius 1 is 1.28 bits per heavy atom. The molecule has 0 atom stereocenters. The number of H-pyrrole nitrogens is 1. The number of thiophene rings is 1. The van der Waals surface area contributed by atoms with Crippen molar-refractivity contribution in [3.63, 3.8) is 0 Å². The Hall–Kier alpha value is -1.70. The molecule has 0 aliphatic carbocycles. The zero-order valence-corrected chi connectivity index (χ0v) is 14.9. The van der Waals surface area contributed by atoms with E-state index in [0.29, 0.717) is 32.0 Å². The number of ether oxygens (including phenoxy) is 2. The fourth-order valence-electron chi connectivity index (χ4n) is 4.24. The molecule has 1 spiro atoms. The average Bonchev–Trinajstić information content (AvgIpc) is 3.30. The van der Waals surface area contributed by atoms with Crippen LogP contribution in [0.2, 0.25) is 0 Å². The molecule has 5 heterocycles. The van der Waals surface area contributed by atoms with Gasteiger partial charge in [0, 0.05) is 35.6 Å². The molecule has 5 rings (SSSR count). The molecule has 6 nitrogen and oxygen atoms in total. The molecule has 2 aromatic heterocycles. The molecule has 3 aliphatic heterocycles. The molecule has 0 aromatic carbocycles. The highest BCUT2D eigenvalue weighted by atomic mass is 32.1. The van der Waals surface area contributed by atoms with Crippen molar-refractivity contribution in [3.8, 4) is 0 Å². The van der Waals surface area contributed by atoms with Gasteiger partial charge in [-0.15, -0.1) is 11.3 Å². The van der Waals surface area contributed by atoms with Crippen LogP contribution in [-0.2, 0) is 34.5 Å². The summed E-state index contributed by atoms with van der Waals surface area (Å²) in [4.78, 5) is 16.2. The Labute approximate surface area is 150 Å². The number of nitrogens with zero attached hydrogens (tertiary/aromatic N) is 2. The van der Waals surface area contributed by atoms with E-state index in [1.54, 1.807) is 11.3 Å². The van der Waals surface area contributed by atoms with Crippen molar-refractivity contribution >= 4 is 17.2 Å². The van der Waals surface area contributed by atoms with Crippen molar-refractivity contribution in [3.05, 3.63) is 38.8 Å². The van der Waals surface area contributed by atoms with Gasteiger partial charge in [0.15, 0.2) is 5.69 Å². The molecular weight excluding hydrogens is 338 g/mol. The van der Waals surface area contributed by atoms with Crippen LogP contribution < -0.4 is 0 Å². The maximum absolute atomic E-state index is 12.9. The first kappa shape index (κ1) is 15.5. The number of fused-ring (bicyclic) bond motifs is 3. The lowest BCUT2D eigenvalue weighted by Gasteiger charge is -2.43. The fourth-order valence-corrected chi connectivity index (χ4v) is 5.40. The molecule has 1 fully saturated rings. The predicted octanol–water partition coefficient (Wildman–Crippen LogP) is 2.25. The lowest BCUT2D eigenvalue weighted by Crippen LogP contribution is -2.48. The number of carbonyl (C=O) groups is 1. The molecule has 0 saturated carbocycles. The zero-order valence-electron chi connectivity index (χ0n) is 14.0. The molecule has 7 heteroatoms. The van der Waals surface area contributed by atoms with Crippen LogP contribution in [0.5, 0.6) is 0 Å². The van der Waals surface area contributed by atoms with E-state index in [4.69, 9.17) is 9.47 Å². The van der Waals surface area contributed by atoms with E-state index in [2.05, 4.69) is 21.6 Å². The van der Waals surface area contributed by atoms with Crippen molar-refractivity contribution in [2.45, 2.75) is 37.9 Å². The summed E-state index contributed by atoms with van der Waals surface area (Å²) in [7, 11) is 0. The molecular formula is C18H21N3O3S. The Kier molecular flexibility index (Phi) is 3.69. The minimum Gasteiger partial charge on any atom is -0.376 e. The third kappa shape index (κ3) is 2.45. The zero-order chi connectivity index (χ0) is 16.9. The Balaban J connectivity index is 1.34. The number of aromatic nitrogens is 2. The van der Waals surface area contributed by atoms with Crippen molar-refractivity contribution in [1.82, 2.24) is 15.1 Å². The summed E-state index contributed by atoms with van der Waals surface area (Å²) < 4.78 is 11.7. The second-order valence-corrected chi connectivity index (χ2v) is 7.91. The van der Waals surface area contributed by atoms with Crippen molar-refractivity contribution in [2.24, 2.45) is 0 Å². The third-order valence-corrected chi connectivity index (χ3v) is 6.81. The summed E-state index contributed by atoms with van der Waals surface area (Å²) in [6.07, 6.45) is 3.51. The minimum atomic E-state index is -0.188. The summed E-state index contributed by atoms with van der Waals surface area (Å²) in [6, 6.07) is 2.22. The van der Waals surface area contributed by atoms with Crippen LogP contribution in [-0.4, -0.2) is 47.3 Å². The summed E-state index contributed by atoms with van der Waals surface area (Å²) in [6.45, 7) is 3.36. The normalized spacial score (nSPS) is 21.8. The number of rotatable bonds is 1. The SMILES string of the molecule is O=C(c1n[nH]c2c1COCC2)N1CCC2(CC1)OCCc1ccsc12. The first-order valence-corrected chi connectivity index (χ1v) is 9.79. The molecule has 3 aliphatic rings. The van der Waals surface area contributed by atoms with Crippen LogP contribution in [0.3, 0.4) is 0 Å². The number of amides is 1. The van der Waals surface area contributed by atoms with Crippen LogP contribution in [0, 0.1) is 0 Å². The first-order chi connectivity index (χ1) is 12.3. The molecule has 0 unspecified atom stereocenters. The van der Waals surface area contributed by atoms with E-state index in [-0.39, 0.29) is 11.5 Å². The lowest BCUT2D eigenvalue weighted by atomic mass is 9.85. The van der Waals surface area contributed by atoms with Gasteiger partial charge in [0.2, 0.25) is 0 Å². The van der Waals surface area contributed by atoms with Crippen molar-refractivity contribution < 1.29 is 14.3 Å². The monoisotopic (exact) mass is 359 g/mol. The molecule has 0 radical (unpaired) electrons. The van der Waals surface area contributed by atoms with E-state index >= 15 is 0 Å². The number of piperidine rings is 1. The predicted molar refractivity (Wildman–Crippen MR) is 92.7 cm³/mol. The third-order valence-electron chi connectivity index (χ3n) is 5.67. The molecule has 25 heavy (non-hydrogen) atoms. The number of hydrogen-bond acceptors (Lipinski definition) is 5.